The van der Waals surface area contributed by atoms with E-state index in [1.807, 2.05) is 11.3 Å². The first-order valence-electron chi connectivity index (χ1n) is 7.19. The van der Waals surface area contributed by atoms with E-state index < -0.39 is 0 Å². The Hall–Kier alpha value is -0.450. The summed E-state index contributed by atoms with van der Waals surface area (Å²) in [5.41, 5.74) is 1.94. The summed E-state index contributed by atoms with van der Waals surface area (Å²) in [5.74, 6) is 0. The number of rotatable bonds is 1. The fraction of sp³-hybridized carbons (Fsp3) is 0.800. The van der Waals surface area contributed by atoms with Gasteiger partial charge < -0.3 is 10.1 Å². The third kappa shape index (κ3) is 2.58. The Labute approximate surface area is 119 Å². The number of ether oxygens (including phenoxy) is 1. The van der Waals surface area contributed by atoms with Gasteiger partial charge in [-0.1, -0.05) is 27.7 Å². The lowest BCUT2D eigenvalue weighted by Gasteiger charge is -2.39. The van der Waals surface area contributed by atoms with Crippen LogP contribution in [0.4, 0.5) is 0 Å². The van der Waals surface area contributed by atoms with Crippen LogP contribution in [0, 0.1) is 5.41 Å². The van der Waals surface area contributed by atoms with Gasteiger partial charge in [0.25, 0.3) is 0 Å². The predicted molar refractivity (Wildman–Crippen MR) is 78.8 cm³/mol. The Kier molecular flexibility index (Phi) is 3.23. The van der Waals surface area contributed by atoms with Crippen molar-refractivity contribution in [3.63, 3.8) is 0 Å². The molecule has 3 rings (SSSR count). The smallest absolute Gasteiger partial charge is 0.112 e. The van der Waals surface area contributed by atoms with E-state index in [1.165, 1.54) is 22.0 Å². The molecule has 0 aromatic carbocycles. The number of thiazole rings is 1. The average Bonchev–Trinajstić information content (AvgIpc) is 2.72. The van der Waals surface area contributed by atoms with Crippen LogP contribution in [-0.2, 0) is 16.6 Å². The molecule has 1 atom stereocenters. The highest BCUT2D eigenvalue weighted by Crippen LogP contribution is 2.48. The highest BCUT2D eigenvalue weighted by molar-refractivity contribution is 7.12. The third-order valence-corrected chi connectivity index (χ3v) is 5.69. The first-order valence-corrected chi connectivity index (χ1v) is 8.00. The van der Waals surface area contributed by atoms with Gasteiger partial charge in [-0.25, -0.2) is 4.98 Å². The van der Waals surface area contributed by atoms with Gasteiger partial charge in [0.05, 0.1) is 24.9 Å². The van der Waals surface area contributed by atoms with Gasteiger partial charge in [-0.3, -0.25) is 0 Å². The number of nitrogens with zero attached hydrogens (tertiary/aromatic N) is 1. The van der Waals surface area contributed by atoms with Crippen molar-refractivity contribution < 1.29 is 4.74 Å². The van der Waals surface area contributed by atoms with E-state index in [4.69, 9.17) is 9.72 Å². The standard InChI is InChI=1S/C15H24N2OS/c1-14(2)7-10-12(15(3,4)9-14)19-13(17-10)11-8-18-6-5-16-11/h11,16H,5-9H2,1-4H3. The van der Waals surface area contributed by atoms with Gasteiger partial charge in [0.1, 0.15) is 5.01 Å². The molecule has 1 aromatic rings. The number of nitrogens with one attached hydrogen (secondary N) is 1. The quantitative estimate of drug-likeness (QED) is 0.858. The van der Waals surface area contributed by atoms with Crippen LogP contribution in [0.25, 0.3) is 0 Å². The van der Waals surface area contributed by atoms with Crippen molar-refractivity contribution in [2.75, 3.05) is 19.8 Å². The van der Waals surface area contributed by atoms with Gasteiger partial charge >= 0.3 is 0 Å². The largest absolute Gasteiger partial charge is 0.378 e. The molecule has 1 aromatic heterocycles. The molecule has 0 amide bonds. The number of hydrogen-bond acceptors (Lipinski definition) is 4. The van der Waals surface area contributed by atoms with Crippen LogP contribution in [0.5, 0.6) is 0 Å². The van der Waals surface area contributed by atoms with E-state index in [0.29, 0.717) is 11.5 Å². The van der Waals surface area contributed by atoms with Crippen molar-refractivity contribution in [2.45, 2.75) is 52.0 Å². The Morgan fingerprint density at radius 1 is 1.32 bits per heavy atom. The Morgan fingerprint density at radius 3 is 2.79 bits per heavy atom. The van der Waals surface area contributed by atoms with Gasteiger partial charge in [0, 0.05) is 16.8 Å². The molecule has 4 heteroatoms. The molecule has 0 radical (unpaired) electrons. The van der Waals surface area contributed by atoms with Crippen LogP contribution in [0.2, 0.25) is 0 Å². The molecule has 0 spiro atoms. The fourth-order valence-corrected chi connectivity index (χ4v) is 4.93. The summed E-state index contributed by atoms with van der Waals surface area (Å²) in [4.78, 5) is 6.44. The summed E-state index contributed by atoms with van der Waals surface area (Å²) in [6, 6.07) is 0.295. The first kappa shape index (κ1) is 13.5. The fourth-order valence-electron chi connectivity index (χ4n) is 3.68. The topological polar surface area (TPSA) is 34.1 Å². The second-order valence-corrected chi connectivity index (χ2v) is 8.34. The van der Waals surface area contributed by atoms with Crippen LogP contribution in [0.1, 0.15) is 55.7 Å². The van der Waals surface area contributed by atoms with E-state index in [1.54, 1.807) is 0 Å². The van der Waals surface area contributed by atoms with E-state index in [9.17, 15) is 0 Å². The van der Waals surface area contributed by atoms with Crippen molar-refractivity contribution >= 4 is 11.3 Å². The molecule has 0 saturated carbocycles. The lowest BCUT2D eigenvalue weighted by Crippen LogP contribution is -2.34. The summed E-state index contributed by atoms with van der Waals surface area (Å²) in [5, 5.41) is 4.73. The van der Waals surface area contributed by atoms with Crippen molar-refractivity contribution in [3.8, 4) is 0 Å². The minimum Gasteiger partial charge on any atom is -0.378 e. The lowest BCUT2D eigenvalue weighted by molar-refractivity contribution is 0.0767. The van der Waals surface area contributed by atoms with E-state index in [-0.39, 0.29) is 5.41 Å². The average molecular weight is 280 g/mol. The van der Waals surface area contributed by atoms with E-state index in [2.05, 4.69) is 33.0 Å². The van der Waals surface area contributed by atoms with Gasteiger partial charge in [-0.05, 0) is 18.3 Å². The summed E-state index contributed by atoms with van der Waals surface area (Å²) >= 11 is 1.90. The molecule has 1 aliphatic heterocycles. The molecule has 3 nitrogen and oxygen atoms in total. The Bertz CT molecular complexity index is 472. The van der Waals surface area contributed by atoms with Gasteiger partial charge in [-0.2, -0.15) is 0 Å². The number of aromatic nitrogens is 1. The second-order valence-electron chi connectivity index (χ2n) is 7.31. The molecule has 19 heavy (non-hydrogen) atoms. The number of fused-ring (bicyclic) bond motifs is 1. The predicted octanol–water partition coefficient (Wildman–Crippen LogP) is 3.05. The van der Waals surface area contributed by atoms with Crippen LogP contribution < -0.4 is 5.32 Å². The first-order chi connectivity index (χ1) is 8.87. The summed E-state index contributed by atoms with van der Waals surface area (Å²) in [6.07, 6.45) is 2.35. The molecule has 2 heterocycles. The zero-order valence-corrected chi connectivity index (χ0v) is 13.2. The minimum atomic E-state index is 0.253. The van der Waals surface area contributed by atoms with Gasteiger partial charge in [0.15, 0.2) is 0 Å². The van der Waals surface area contributed by atoms with Crippen LogP contribution >= 0.6 is 11.3 Å². The Morgan fingerprint density at radius 2 is 2.11 bits per heavy atom. The zero-order valence-electron chi connectivity index (χ0n) is 12.4. The van der Waals surface area contributed by atoms with Crippen LogP contribution in [0.3, 0.4) is 0 Å². The molecule has 1 N–H and O–H groups in total. The maximum atomic E-state index is 5.57. The SMILES string of the molecule is CC1(C)Cc2nc(C3COCCN3)sc2C(C)(C)C1. The van der Waals surface area contributed by atoms with Crippen molar-refractivity contribution in [3.05, 3.63) is 15.6 Å². The number of morpholine rings is 1. The van der Waals surface area contributed by atoms with Crippen LogP contribution in [-0.4, -0.2) is 24.7 Å². The molecular weight excluding hydrogens is 256 g/mol. The highest BCUT2D eigenvalue weighted by atomic mass is 32.1. The van der Waals surface area contributed by atoms with Crippen LogP contribution in [0.15, 0.2) is 0 Å². The van der Waals surface area contributed by atoms with Crippen molar-refractivity contribution in [1.82, 2.24) is 10.3 Å². The lowest BCUT2D eigenvalue weighted by atomic mass is 9.67. The Balaban J connectivity index is 1.94. The normalized spacial score (nSPS) is 28.9. The summed E-state index contributed by atoms with van der Waals surface area (Å²) in [7, 11) is 0. The minimum absolute atomic E-state index is 0.253. The monoisotopic (exact) mass is 280 g/mol. The molecule has 1 aliphatic carbocycles. The van der Waals surface area contributed by atoms with Gasteiger partial charge in [0.2, 0.25) is 0 Å². The van der Waals surface area contributed by atoms with Gasteiger partial charge in [-0.15, -0.1) is 11.3 Å². The number of hydrogen-bond donors (Lipinski definition) is 1. The summed E-state index contributed by atoms with van der Waals surface area (Å²) in [6.45, 7) is 12.0. The van der Waals surface area contributed by atoms with E-state index >= 15 is 0 Å². The molecule has 1 unspecified atom stereocenters. The van der Waals surface area contributed by atoms with Crippen molar-refractivity contribution in [1.29, 1.82) is 0 Å². The summed E-state index contributed by atoms with van der Waals surface area (Å²) < 4.78 is 5.57. The van der Waals surface area contributed by atoms with Crippen molar-refractivity contribution in [2.24, 2.45) is 5.41 Å². The highest BCUT2D eigenvalue weighted by Gasteiger charge is 2.40. The third-order valence-electron chi connectivity index (χ3n) is 4.11. The zero-order chi connectivity index (χ0) is 13.7. The molecular formula is C15H24N2OS. The maximum Gasteiger partial charge on any atom is 0.112 e. The molecule has 2 aliphatic rings. The maximum absolute atomic E-state index is 5.57. The van der Waals surface area contributed by atoms with E-state index in [0.717, 1.165) is 26.2 Å². The second kappa shape index (κ2) is 4.54. The molecule has 1 saturated heterocycles. The molecule has 106 valence electrons. The molecule has 0 bridgehead atoms. The molecule has 1 fully saturated rings.